The second-order valence-electron chi connectivity index (χ2n) is 7.54. The molecule has 1 saturated heterocycles. The molecule has 2 aromatic rings. The Morgan fingerprint density at radius 2 is 1.84 bits per heavy atom. The molecule has 1 aliphatic heterocycles. The van der Waals surface area contributed by atoms with Crippen molar-refractivity contribution >= 4 is 27.3 Å². The maximum absolute atomic E-state index is 14.9. The van der Waals surface area contributed by atoms with Crippen LogP contribution in [-0.4, -0.2) is 56.5 Å². The van der Waals surface area contributed by atoms with Crippen LogP contribution in [0, 0.1) is 10.1 Å². The van der Waals surface area contributed by atoms with Crippen molar-refractivity contribution in [3.63, 3.8) is 0 Å². The number of anilines is 1. The van der Waals surface area contributed by atoms with Gasteiger partial charge >= 0.3 is 0 Å². The lowest BCUT2D eigenvalue weighted by Crippen LogP contribution is -2.44. The zero-order valence-electron chi connectivity index (χ0n) is 16.9. The highest BCUT2D eigenvalue weighted by Gasteiger charge is 2.34. The lowest BCUT2D eigenvalue weighted by Gasteiger charge is -2.34. The molecule has 0 aliphatic carbocycles. The first kappa shape index (κ1) is 22.6. The number of halogens is 1. The van der Waals surface area contributed by atoms with Crippen molar-refractivity contribution in [3.05, 3.63) is 64.2 Å². The van der Waals surface area contributed by atoms with Crippen LogP contribution >= 0.6 is 0 Å². The van der Waals surface area contributed by atoms with E-state index in [2.05, 4.69) is 5.32 Å². The minimum atomic E-state index is -4.35. The summed E-state index contributed by atoms with van der Waals surface area (Å²) in [7, 11) is -2.45. The number of amides is 1. The van der Waals surface area contributed by atoms with E-state index in [-0.39, 0.29) is 17.8 Å². The number of alkyl halides is 1. The lowest BCUT2D eigenvalue weighted by atomic mass is 9.93. The number of sulfonamides is 1. The van der Waals surface area contributed by atoms with E-state index in [0.717, 1.165) is 12.1 Å². The summed E-state index contributed by atoms with van der Waals surface area (Å²) in [6, 6.07) is 10.9. The van der Waals surface area contributed by atoms with Gasteiger partial charge in [-0.1, -0.05) is 18.2 Å². The fraction of sp³-hybridized carbons (Fsp3) is 0.350. The van der Waals surface area contributed by atoms with Gasteiger partial charge in [-0.05, 0) is 44.2 Å². The quantitative estimate of drug-likeness (QED) is 0.491. The van der Waals surface area contributed by atoms with Gasteiger partial charge in [-0.25, -0.2) is 17.5 Å². The maximum Gasteiger partial charge on any atom is 0.293 e. The molecule has 3 rings (SSSR count). The first-order valence-electron chi connectivity index (χ1n) is 9.62. The molecule has 1 heterocycles. The predicted molar refractivity (Wildman–Crippen MR) is 113 cm³/mol. The number of nitrogens with zero attached hydrogens (tertiary/aromatic N) is 2. The van der Waals surface area contributed by atoms with E-state index < -0.39 is 37.1 Å². The van der Waals surface area contributed by atoms with Crippen molar-refractivity contribution in [2.75, 3.05) is 32.0 Å². The third-order valence-corrected chi connectivity index (χ3v) is 6.55. The number of hydrogen-bond acceptors (Lipinski definition) is 7. The molecule has 0 saturated carbocycles. The molecule has 1 amide bonds. The summed E-state index contributed by atoms with van der Waals surface area (Å²) in [4.78, 5) is 24.5. The van der Waals surface area contributed by atoms with Gasteiger partial charge in [-0.2, -0.15) is 0 Å². The highest BCUT2D eigenvalue weighted by atomic mass is 32.2. The number of hydrogen-bond donors (Lipinski definition) is 2. The van der Waals surface area contributed by atoms with Gasteiger partial charge in [0, 0.05) is 31.3 Å². The van der Waals surface area contributed by atoms with Gasteiger partial charge in [-0.3, -0.25) is 14.9 Å². The number of piperidine rings is 1. The summed E-state index contributed by atoms with van der Waals surface area (Å²) in [6.07, 6.45) is 0.588. The average Bonchev–Trinajstić information content (AvgIpc) is 2.75. The van der Waals surface area contributed by atoms with Crippen LogP contribution < -0.4 is 10.0 Å². The molecule has 2 N–H and O–H groups in total. The smallest absolute Gasteiger partial charge is 0.293 e. The Balaban J connectivity index is 1.78. The Bertz CT molecular complexity index is 1070. The van der Waals surface area contributed by atoms with E-state index in [9.17, 15) is 27.7 Å². The van der Waals surface area contributed by atoms with Gasteiger partial charge in [0.25, 0.3) is 21.6 Å². The van der Waals surface area contributed by atoms with Crippen LogP contribution in [0.3, 0.4) is 0 Å². The fourth-order valence-corrected chi connectivity index (χ4v) is 4.25. The van der Waals surface area contributed by atoms with Crippen LogP contribution in [-0.2, 0) is 10.0 Å². The Kier molecular flexibility index (Phi) is 6.56. The fourth-order valence-electron chi connectivity index (χ4n) is 3.26. The van der Waals surface area contributed by atoms with Gasteiger partial charge in [0.1, 0.15) is 11.4 Å². The normalized spacial score (nSPS) is 16.5. The first-order valence-corrected chi connectivity index (χ1v) is 11.1. The number of rotatable bonds is 7. The molecule has 11 heteroatoms. The third-order valence-electron chi connectivity index (χ3n) is 5.22. The molecule has 0 aromatic heterocycles. The molecule has 9 nitrogen and oxygen atoms in total. The van der Waals surface area contributed by atoms with Crippen LogP contribution in [0.5, 0.6) is 0 Å². The molecule has 166 valence electrons. The summed E-state index contributed by atoms with van der Waals surface area (Å²) in [6.45, 7) is 1.04. The van der Waals surface area contributed by atoms with E-state index in [1.807, 2.05) is 16.7 Å². The highest BCUT2D eigenvalue weighted by Crippen LogP contribution is 2.31. The average molecular weight is 450 g/mol. The Morgan fingerprint density at radius 1 is 1.19 bits per heavy atom. The van der Waals surface area contributed by atoms with Crippen LogP contribution in [0.25, 0.3) is 0 Å². The third kappa shape index (κ3) is 5.56. The number of nitro groups is 1. The number of carbonyl (C=O) groups is 1. The molecule has 0 radical (unpaired) electrons. The number of likely N-dealkylation sites (tertiary alicyclic amines) is 1. The SMILES string of the molecule is CN1CCC(F)(CNc2ccc(S(=O)(=O)NC(=O)c3ccccc3)cc2[N+](=O)[O-])CC1. The summed E-state index contributed by atoms with van der Waals surface area (Å²) in [5.74, 6) is -0.855. The van der Waals surface area contributed by atoms with E-state index in [1.54, 1.807) is 18.2 Å². The number of benzene rings is 2. The van der Waals surface area contributed by atoms with E-state index in [1.165, 1.54) is 18.2 Å². The molecular formula is C20H23FN4O5S. The monoisotopic (exact) mass is 450 g/mol. The number of nitro benzene ring substituents is 1. The van der Waals surface area contributed by atoms with Gasteiger partial charge in [0.05, 0.1) is 9.82 Å². The van der Waals surface area contributed by atoms with Gasteiger partial charge in [0.2, 0.25) is 0 Å². The van der Waals surface area contributed by atoms with Crippen molar-refractivity contribution in [2.24, 2.45) is 0 Å². The summed E-state index contributed by atoms with van der Waals surface area (Å²) in [5.41, 5.74) is -1.89. The second-order valence-corrected chi connectivity index (χ2v) is 9.23. The first-order chi connectivity index (χ1) is 14.6. The molecule has 31 heavy (non-hydrogen) atoms. The summed E-state index contributed by atoms with van der Waals surface area (Å²) in [5, 5.41) is 14.2. The Morgan fingerprint density at radius 3 is 2.45 bits per heavy atom. The molecule has 0 bridgehead atoms. The molecule has 1 aliphatic rings. The van der Waals surface area contributed by atoms with Crippen LogP contribution in [0.4, 0.5) is 15.8 Å². The van der Waals surface area contributed by atoms with Crippen LogP contribution in [0.15, 0.2) is 53.4 Å². The zero-order valence-corrected chi connectivity index (χ0v) is 17.7. The van der Waals surface area contributed by atoms with Gasteiger partial charge < -0.3 is 10.2 Å². The maximum atomic E-state index is 14.9. The summed E-state index contributed by atoms with van der Waals surface area (Å²) >= 11 is 0. The van der Waals surface area contributed by atoms with E-state index >= 15 is 0 Å². The molecular weight excluding hydrogens is 427 g/mol. The molecule has 1 fully saturated rings. The minimum Gasteiger partial charge on any atom is -0.376 e. The standard InChI is InChI=1S/C20H23FN4O5S/c1-24-11-9-20(21,10-12-24)14-22-17-8-7-16(13-18(17)25(27)28)31(29,30)23-19(26)15-5-3-2-4-6-15/h2-8,13,22H,9-12,14H2,1H3,(H,23,26). The molecule has 0 spiro atoms. The summed E-state index contributed by atoms with van der Waals surface area (Å²) < 4.78 is 41.9. The van der Waals surface area contributed by atoms with Gasteiger partial charge in [-0.15, -0.1) is 0 Å². The van der Waals surface area contributed by atoms with Crippen molar-refractivity contribution in [3.8, 4) is 0 Å². The largest absolute Gasteiger partial charge is 0.376 e. The van der Waals surface area contributed by atoms with Crippen molar-refractivity contribution in [2.45, 2.75) is 23.4 Å². The highest BCUT2D eigenvalue weighted by molar-refractivity contribution is 7.90. The van der Waals surface area contributed by atoms with Crippen molar-refractivity contribution < 1.29 is 22.5 Å². The topological polar surface area (TPSA) is 122 Å². The van der Waals surface area contributed by atoms with Crippen LogP contribution in [0.1, 0.15) is 23.2 Å². The molecule has 2 aromatic carbocycles. The molecule has 0 unspecified atom stereocenters. The van der Waals surface area contributed by atoms with Crippen LogP contribution in [0.2, 0.25) is 0 Å². The second kappa shape index (κ2) is 8.98. The lowest BCUT2D eigenvalue weighted by molar-refractivity contribution is -0.384. The van der Waals surface area contributed by atoms with Gasteiger partial charge in [0.15, 0.2) is 0 Å². The zero-order chi connectivity index (χ0) is 22.6. The van der Waals surface area contributed by atoms with Crippen molar-refractivity contribution in [1.82, 2.24) is 9.62 Å². The molecule has 0 atom stereocenters. The Labute approximate surface area is 179 Å². The number of nitrogens with one attached hydrogen (secondary N) is 2. The van der Waals surface area contributed by atoms with Crippen molar-refractivity contribution in [1.29, 1.82) is 0 Å². The van der Waals surface area contributed by atoms with E-state index in [4.69, 9.17) is 0 Å². The Hall–Kier alpha value is -3.05. The number of carbonyl (C=O) groups excluding carboxylic acids is 1. The minimum absolute atomic E-state index is 0.00860. The van der Waals surface area contributed by atoms with E-state index in [0.29, 0.717) is 25.9 Å². The predicted octanol–water partition coefficient (Wildman–Crippen LogP) is 2.56.